The van der Waals surface area contributed by atoms with Crippen molar-refractivity contribution >= 4 is 11.8 Å². The van der Waals surface area contributed by atoms with Gasteiger partial charge >= 0.3 is 0 Å². The van der Waals surface area contributed by atoms with E-state index in [1.165, 1.54) is 12.1 Å². The summed E-state index contributed by atoms with van der Waals surface area (Å²) in [6.45, 7) is 8.74. The Bertz CT molecular complexity index is 750. The molecule has 4 atom stereocenters. The summed E-state index contributed by atoms with van der Waals surface area (Å²) in [6.07, 6.45) is 1.96. The standard InChI is InChI=1S/C22H30F2N2O2/c1-12(2)7-15-11-26(20(8-13(3)4)21(27)25-15)22(28)18-10-17(18)16-6-5-14(23)9-19(16)24/h5-6,9,12-13,15,17-18,20H,7-8,10-11H2,1-4H3,(H,25,27). The van der Waals surface area contributed by atoms with Gasteiger partial charge in [0.05, 0.1) is 0 Å². The summed E-state index contributed by atoms with van der Waals surface area (Å²) in [5.74, 6) is -1.28. The second-order valence-corrected chi connectivity index (χ2v) is 9.09. The highest BCUT2D eigenvalue weighted by Crippen LogP contribution is 2.49. The van der Waals surface area contributed by atoms with Crippen molar-refractivity contribution in [2.45, 2.75) is 65.0 Å². The van der Waals surface area contributed by atoms with Crippen molar-refractivity contribution in [2.75, 3.05) is 6.54 Å². The van der Waals surface area contributed by atoms with E-state index >= 15 is 0 Å². The monoisotopic (exact) mass is 392 g/mol. The Hall–Kier alpha value is -1.98. The molecule has 1 saturated carbocycles. The summed E-state index contributed by atoms with van der Waals surface area (Å²) in [5.41, 5.74) is 0.389. The number of nitrogens with zero attached hydrogens (tertiary/aromatic N) is 1. The molecule has 154 valence electrons. The Labute approximate surface area is 165 Å². The van der Waals surface area contributed by atoms with Crippen molar-refractivity contribution in [3.8, 4) is 0 Å². The van der Waals surface area contributed by atoms with E-state index in [1.54, 1.807) is 4.90 Å². The minimum absolute atomic E-state index is 0.0559. The van der Waals surface area contributed by atoms with E-state index in [2.05, 4.69) is 19.2 Å². The molecule has 6 heteroatoms. The second-order valence-electron chi connectivity index (χ2n) is 9.09. The lowest BCUT2D eigenvalue weighted by atomic mass is 9.94. The largest absolute Gasteiger partial charge is 0.350 e. The van der Waals surface area contributed by atoms with Crippen LogP contribution in [0.2, 0.25) is 0 Å². The zero-order chi connectivity index (χ0) is 20.6. The van der Waals surface area contributed by atoms with Gasteiger partial charge in [0.2, 0.25) is 11.8 Å². The summed E-state index contributed by atoms with van der Waals surface area (Å²) in [4.78, 5) is 27.7. The van der Waals surface area contributed by atoms with E-state index in [0.717, 1.165) is 12.5 Å². The lowest BCUT2D eigenvalue weighted by Gasteiger charge is -2.41. The lowest BCUT2D eigenvalue weighted by molar-refractivity contribution is -0.146. The maximum Gasteiger partial charge on any atom is 0.243 e. The van der Waals surface area contributed by atoms with Gasteiger partial charge < -0.3 is 10.2 Å². The van der Waals surface area contributed by atoms with Crippen molar-refractivity contribution in [3.63, 3.8) is 0 Å². The molecule has 1 aliphatic carbocycles. The van der Waals surface area contributed by atoms with Crippen LogP contribution in [0.1, 0.15) is 58.4 Å². The van der Waals surface area contributed by atoms with Crippen LogP contribution in [-0.4, -0.2) is 35.3 Å². The fourth-order valence-electron chi connectivity index (χ4n) is 4.30. The van der Waals surface area contributed by atoms with Gasteiger partial charge in [-0.1, -0.05) is 33.8 Å². The summed E-state index contributed by atoms with van der Waals surface area (Å²) < 4.78 is 27.3. The van der Waals surface area contributed by atoms with E-state index in [9.17, 15) is 18.4 Å². The van der Waals surface area contributed by atoms with Crippen LogP contribution in [-0.2, 0) is 9.59 Å². The highest BCUT2D eigenvalue weighted by molar-refractivity contribution is 5.91. The van der Waals surface area contributed by atoms with Crippen LogP contribution in [0.25, 0.3) is 0 Å². The van der Waals surface area contributed by atoms with Crippen LogP contribution in [0.15, 0.2) is 18.2 Å². The number of hydrogen-bond acceptors (Lipinski definition) is 2. The summed E-state index contributed by atoms with van der Waals surface area (Å²) in [5, 5.41) is 3.07. The van der Waals surface area contributed by atoms with Gasteiger partial charge in [0.25, 0.3) is 0 Å². The molecule has 1 N–H and O–H groups in total. The van der Waals surface area contributed by atoms with E-state index in [0.29, 0.717) is 30.9 Å². The van der Waals surface area contributed by atoms with Crippen LogP contribution in [0.5, 0.6) is 0 Å². The van der Waals surface area contributed by atoms with Gasteiger partial charge in [0.1, 0.15) is 17.7 Å². The molecule has 0 spiro atoms. The number of halogens is 2. The number of piperazine rings is 1. The highest BCUT2D eigenvalue weighted by atomic mass is 19.1. The molecule has 0 aromatic heterocycles. The first-order chi connectivity index (χ1) is 13.2. The average Bonchev–Trinajstić information content (AvgIpc) is 3.36. The topological polar surface area (TPSA) is 49.4 Å². The number of hydrogen-bond donors (Lipinski definition) is 1. The van der Waals surface area contributed by atoms with Gasteiger partial charge in [-0.2, -0.15) is 0 Å². The van der Waals surface area contributed by atoms with Gasteiger partial charge in [0.15, 0.2) is 0 Å². The van der Waals surface area contributed by atoms with E-state index < -0.39 is 17.7 Å². The molecule has 2 aliphatic rings. The van der Waals surface area contributed by atoms with Crippen molar-refractivity contribution in [2.24, 2.45) is 17.8 Å². The van der Waals surface area contributed by atoms with Crippen LogP contribution < -0.4 is 5.32 Å². The van der Waals surface area contributed by atoms with Gasteiger partial charge in [-0.3, -0.25) is 9.59 Å². The van der Waals surface area contributed by atoms with Crippen LogP contribution >= 0.6 is 0 Å². The third-order valence-corrected chi connectivity index (χ3v) is 5.65. The van der Waals surface area contributed by atoms with Gasteiger partial charge in [-0.25, -0.2) is 8.78 Å². The molecule has 4 unspecified atom stereocenters. The Kier molecular flexibility index (Phi) is 6.06. The molecule has 3 rings (SSSR count). The van der Waals surface area contributed by atoms with E-state index in [4.69, 9.17) is 0 Å². The van der Waals surface area contributed by atoms with Gasteiger partial charge in [-0.05, 0) is 48.6 Å². The molecule has 1 aromatic carbocycles. The average molecular weight is 392 g/mol. The normalized spacial score (nSPS) is 27.3. The highest BCUT2D eigenvalue weighted by Gasteiger charge is 2.50. The second kappa shape index (κ2) is 8.18. The third kappa shape index (κ3) is 4.53. The zero-order valence-corrected chi connectivity index (χ0v) is 17.0. The first-order valence-corrected chi connectivity index (χ1v) is 10.2. The van der Waals surface area contributed by atoms with Gasteiger partial charge in [-0.15, -0.1) is 0 Å². The lowest BCUT2D eigenvalue weighted by Crippen LogP contribution is -2.62. The van der Waals surface area contributed by atoms with E-state index in [-0.39, 0.29) is 35.6 Å². The first-order valence-electron chi connectivity index (χ1n) is 10.2. The minimum Gasteiger partial charge on any atom is -0.350 e. The Morgan fingerprint density at radius 2 is 1.86 bits per heavy atom. The van der Waals surface area contributed by atoms with Crippen LogP contribution in [0.4, 0.5) is 8.78 Å². The van der Waals surface area contributed by atoms with Crippen LogP contribution in [0, 0.1) is 29.4 Å². The van der Waals surface area contributed by atoms with Crippen molar-refractivity contribution in [1.82, 2.24) is 10.2 Å². The molecular weight excluding hydrogens is 362 g/mol. The summed E-state index contributed by atoms with van der Waals surface area (Å²) >= 11 is 0. The SMILES string of the molecule is CC(C)CC1CN(C(=O)C2CC2c2ccc(F)cc2F)C(CC(C)C)C(=O)N1. The number of carbonyl (C=O) groups is 2. The van der Waals surface area contributed by atoms with Gasteiger partial charge in [0, 0.05) is 24.6 Å². The number of nitrogens with one attached hydrogen (secondary N) is 1. The van der Waals surface area contributed by atoms with Crippen molar-refractivity contribution < 1.29 is 18.4 Å². The van der Waals surface area contributed by atoms with Crippen molar-refractivity contribution in [1.29, 1.82) is 0 Å². The first kappa shape index (κ1) is 20.7. The fourth-order valence-corrected chi connectivity index (χ4v) is 4.30. The maximum absolute atomic E-state index is 14.1. The van der Waals surface area contributed by atoms with Crippen molar-refractivity contribution in [3.05, 3.63) is 35.4 Å². The predicted octanol–water partition coefficient (Wildman–Crippen LogP) is 3.86. The molecule has 0 bridgehead atoms. The molecule has 0 radical (unpaired) electrons. The molecule has 28 heavy (non-hydrogen) atoms. The summed E-state index contributed by atoms with van der Waals surface area (Å²) in [6, 6.07) is 2.99. The Balaban J connectivity index is 1.77. The quantitative estimate of drug-likeness (QED) is 0.799. The number of amides is 2. The molecule has 1 aromatic rings. The summed E-state index contributed by atoms with van der Waals surface area (Å²) in [7, 11) is 0. The number of carbonyl (C=O) groups excluding carboxylic acids is 2. The zero-order valence-electron chi connectivity index (χ0n) is 17.0. The smallest absolute Gasteiger partial charge is 0.243 e. The fraction of sp³-hybridized carbons (Fsp3) is 0.636. The van der Waals surface area contributed by atoms with Crippen LogP contribution in [0.3, 0.4) is 0 Å². The number of benzene rings is 1. The number of rotatable bonds is 6. The maximum atomic E-state index is 14.1. The Morgan fingerprint density at radius 3 is 2.46 bits per heavy atom. The molecule has 4 nitrogen and oxygen atoms in total. The van der Waals surface area contributed by atoms with E-state index in [1.807, 2.05) is 13.8 Å². The molecule has 1 saturated heterocycles. The molecule has 1 heterocycles. The predicted molar refractivity (Wildman–Crippen MR) is 104 cm³/mol. The molecule has 1 aliphatic heterocycles. The molecular formula is C22H30F2N2O2. The molecule has 2 fully saturated rings. The third-order valence-electron chi connectivity index (χ3n) is 5.65. The minimum atomic E-state index is -0.619. The Morgan fingerprint density at radius 1 is 1.18 bits per heavy atom. The molecule has 2 amide bonds.